The number of para-hydroxylation sites is 1. The number of rotatable bonds is 8. The Morgan fingerprint density at radius 2 is 1.79 bits per heavy atom. The Morgan fingerprint density at radius 3 is 2.38 bits per heavy atom. The molecular formula is C17H21F3N2OS. The van der Waals surface area contributed by atoms with E-state index in [9.17, 15) is 18.0 Å². The number of anilines is 1. The predicted molar refractivity (Wildman–Crippen MR) is 89.1 cm³/mol. The summed E-state index contributed by atoms with van der Waals surface area (Å²) in [4.78, 5) is 12.7. The number of thioether (sulfide) groups is 1. The molecule has 3 nitrogen and oxygen atoms in total. The zero-order chi connectivity index (χ0) is 17.2. The summed E-state index contributed by atoms with van der Waals surface area (Å²) < 4.78 is 37.2. The highest BCUT2D eigenvalue weighted by Crippen LogP contribution is 2.44. The first kappa shape index (κ1) is 17.5. The van der Waals surface area contributed by atoms with Gasteiger partial charge in [0.2, 0.25) is 5.91 Å². The van der Waals surface area contributed by atoms with E-state index in [2.05, 4.69) is 10.6 Å². The van der Waals surface area contributed by atoms with Gasteiger partial charge in [0, 0.05) is 16.6 Å². The lowest BCUT2D eigenvalue weighted by molar-refractivity contribution is -0.120. The second kappa shape index (κ2) is 7.25. The number of carbonyl (C=O) groups is 1. The van der Waals surface area contributed by atoms with Gasteiger partial charge in [-0.15, -0.1) is 11.8 Å². The Kier molecular flexibility index (Phi) is 5.27. The summed E-state index contributed by atoms with van der Waals surface area (Å²) >= 11 is 0.730. The molecule has 0 aliphatic heterocycles. The van der Waals surface area contributed by atoms with Crippen LogP contribution in [0.25, 0.3) is 0 Å². The Labute approximate surface area is 143 Å². The fraction of sp³-hybridized carbons (Fsp3) is 0.588. The quantitative estimate of drug-likeness (QED) is 0.689. The molecule has 2 aliphatic rings. The van der Waals surface area contributed by atoms with Crippen molar-refractivity contribution < 1.29 is 18.0 Å². The highest BCUT2D eigenvalue weighted by molar-refractivity contribution is 7.99. The molecule has 0 spiro atoms. The Bertz CT molecular complexity index is 573. The van der Waals surface area contributed by atoms with Crippen LogP contribution in [0.2, 0.25) is 0 Å². The van der Waals surface area contributed by atoms with E-state index in [0.717, 1.165) is 11.8 Å². The molecule has 1 aromatic rings. The van der Waals surface area contributed by atoms with Crippen LogP contribution in [0.5, 0.6) is 0 Å². The van der Waals surface area contributed by atoms with Gasteiger partial charge >= 0.3 is 6.18 Å². The second-order valence-electron chi connectivity index (χ2n) is 6.52. The van der Waals surface area contributed by atoms with Crippen molar-refractivity contribution in [2.75, 3.05) is 17.6 Å². The van der Waals surface area contributed by atoms with Gasteiger partial charge in [-0.3, -0.25) is 4.79 Å². The van der Waals surface area contributed by atoms with Gasteiger partial charge < -0.3 is 10.6 Å². The summed E-state index contributed by atoms with van der Waals surface area (Å²) in [6.07, 6.45) is 0.534. The van der Waals surface area contributed by atoms with E-state index in [1.807, 2.05) is 0 Å². The molecule has 0 heterocycles. The van der Waals surface area contributed by atoms with Crippen LogP contribution < -0.4 is 10.6 Å². The first-order valence-corrected chi connectivity index (χ1v) is 9.23. The van der Waals surface area contributed by atoms with Crippen molar-refractivity contribution in [1.82, 2.24) is 5.32 Å². The largest absolute Gasteiger partial charge is 0.398 e. The van der Waals surface area contributed by atoms with E-state index in [4.69, 9.17) is 0 Å². The summed E-state index contributed by atoms with van der Waals surface area (Å²) in [5, 5.41) is 6.07. The number of carbonyl (C=O) groups excluding carboxylic acids is 1. The Morgan fingerprint density at radius 1 is 1.17 bits per heavy atom. The third-order valence-corrected chi connectivity index (χ3v) is 5.44. The number of hydrogen-bond donors (Lipinski definition) is 2. The molecule has 3 rings (SSSR count). The summed E-state index contributed by atoms with van der Waals surface area (Å²) in [5.74, 6) is 0.213. The minimum absolute atomic E-state index is 0.0829. The number of alkyl halides is 3. The van der Waals surface area contributed by atoms with Crippen LogP contribution in [0.3, 0.4) is 0 Å². The van der Waals surface area contributed by atoms with Crippen LogP contribution in [0.1, 0.15) is 25.7 Å². The Balaban J connectivity index is 1.51. The molecule has 2 aliphatic carbocycles. The van der Waals surface area contributed by atoms with E-state index in [1.165, 1.54) is 25.7 Å². The van der Waals surface area contributed by atoms with Gasteiger partial charge in [0.15, 0.2) is 0 Å². The molecular weight excluding hydrogens is 337 g/mol. The summed E-state index contributed by atoms with van der Waals surface area (Å²) in [5.41, 5.74) is 0.566. The maximum atomic E-state index is 12.4. The van der Waals surface area contributed by atoms with Gasteiger partial charge in [-0.2, -0.15) is 13.2 Å². The molecule has 0 bridgehead atoms. The van der Waals surface area contributed by atoms with Gasteiger partial charge in [-0.1, -0.05) is 12.1 Å². The van der Waals surface area contributed by atoms with Crippen molar-refractivity contribution in [3.05, 3.63) is 24.3 Å². The first-order chi connectivity index (χ1) is 11.4. The van der Waals surface area contributed by atoms with Crippen LogP contribution in [-0.4, -0.2) is 30.4 Å². The summed E-state index contributed by atoms with van der Waals surface area (Å²) in [6.45, 7) is 0.0829. The molecule has 0 unspecified atom stereocenters. The van der Waals surface area contributed by atoms with Crippen LogP contribution in [-0.2, 0) is 4.79 Å². The Hall–Kier alpha value is -1.37. The first-order valence-electron chi connectivity index (χ1n) is 8.24. The van der Waals surface area contributed by atoms with Crippen molar-refractivity contribution in [3.8, 4) is 0 Å². The average molecular weight is 358 g/mol. The summed E-state index contributed by atoms with van der Waals surface area (Å²) in [7, 11) is 0. The van der Waals surface area contributed by atoms with Crippen LogP contribution >= 0.6 is 11.8 Å². The standard InChI is InChI=1S/C17H21F3N2OS/c18-17(19,20)10-24-14-4-2-1-3-13(14)21-9-15(23)22-16(11-5-6-11)12-7-8-12/h1-4,11-12,16,21H,5-10H2,(H,22,23). The molecule has 0 radical (unpaired) electrons. The fourth-order valence-corrected chi connectivity index (χ4v) is 3.63. The van der Waals surface area contributed by atoms with E-state index >= 15 is 0 Å². The molecule has 0 aromatic heterocycles. The molecule has 1 aromatic carbocycles. The van der Waals surface area contributed by atoms with Gasteiger partial charge in [-0.05, 0) is 49.7 Å². The maximum Gasteiger partial charge on any atom is 0.398 e. The van der Waals surface area contributed by atoms with Crippen molar-refractivity contribution in [2.24, 2.45) is 11.8 Å². The number of hydrogen-bond acceptors (Lipinski definition) is 3. The number of amides is 1. The van der Waals surface area contributed by atoms with Crippen molar-refractivity contribution >= 4 is 23.4 Å². The van der Waals surface area contributed by atoms with Crippen molar-refractivity contribution in [3.63, 3.8) is 0 Å². The monoisotopic (exact) mass is 358 g/mol. The average Bonchev–Trinajstić information content (AvgIpc) is 3.41. The smallest absolute Gasteiger partial charge is 0.375 e. The predicted octanol–water partition coefficient (Wildman–Crippen LogP) is 4.06. The molecule has 24 heavy (non-hydrogen) atoms. The van der Waals surface area contributed by atoms with Crippen LogP contribution in [0.15, 0.2) is 29.2 Å². The van der Waals surface area contributed by atoms with E-state index < -0.39 is 11.9 Å². The van der Waals surface area contributed by atoms with Gasteiger partial charge in [-0.25, -0.2) is 0 Å². The fourth-order valence-electron chi connectivity index (χ4n) is 2.84. The van der Waals surface area contributed by atoms with E-state index in [1.54, 1.807) is 24.3 Å². The molecule has 132 valence electrons. The zero-order valence-electron chi connectivity index (χ0n) is 13.2. The third-order valence-electron chi connectivity index (χ3n) is 4.31. The number of nitrogens with one attached hydrogen (secondary N) is 2. The number of halogens is 3. The lowest BCUT2D eigenvalue weighted by Gasteiger charge is -2.18. The highest BCUT2D eigenvalue weighted by Gasteiger charge is 2.42. The lowest BCUT2D eigenvalue weighted by Crippen LogP contribution is -2.41. The minimum atomic E-state index is -4.21. The second-order valence-corrected chi connectivity index (χ2v) is 7.54. The molecule has 1 amide bonds. The van der Waals surface area contributed by atoms with Gasteiger partial charge in [0.05, 0.1) is 12.3 Å². The van der Waals surface area contributed by atoms with Gasteiger partial charge in [0.25, 0.3) is 0 Å². The number of benzene rings is 1. The van der Waals surface area contributed by atoms with Gasteiger partial charge in [0.1, 0.15) is 0 Å². The molecule has 2 saturated carbocycles. The van der Waals surface area contributed by atoms with E-state index in [0.29, 0.717) is 22.4 Å². The van der Waals surface area contributed by atoms with E-state index in [-0.39, 0.29) is 18.5 Å². The summed E-state index contributed by atoms with van der Waals surface area (Å²) in [6, 6.07) is 7.06. The molecule has 0 atom stereocenters. The van der Waals surface area contributed by atoms with Crippen molar-refractivity contribution in [1.29, 1.82) is 0 Å². The maximum absolute atomic E-state index is 12.4. The van der Waals surface area contributed by atoms with Crippen LogP contribution in [0.4, 0.5) is 18.9 Å². The lowest BCUT2D eigenvalue weighted by atomic mass is 10.1. The minimum Gasteiger partial charge on any atom is -0.375 e. The third kappa shape index (κ3) is 5.33. The van der Waals surface area contributed by atoms with Crippen molar-refractivity contribution in [2.45, 2.75) is 42.8 Å². The molecule has 2 N–H and O–H groups in total. The normalized spacial score (nSPS) is 17.8. The SMILES string of the molecule is O=C(CNc1ccccc1SCC(F)(F)F)NC(C1CC1)C1CC1. The molecule has 0 saturated heterocycles. The molecule has 7 heteroatoms. The molecule has 2 fully saturated rings. The topological polar surface area (TPSA) is 41.1 Å². The highest BCUT2D eigenvalue weighted by atomic mass is 32.2. The van der Waals surface area contributed by atoms with Crippen LogP contribution in [0, 0.1) is 11.8 Å². The zero-order valence-corrected chi connectivity index (χ0v) is 14.1.